The molecular weight excluding hydrogens is 278 g/mol. The number of benzene rings is 1. The van der Waals surface area contributed by atoms with Crippen molar-refractivity contribution in [1.29, 1.82) is 0 Å². The Hall–Kier alpha value is -2.21. The summed E-state index contributed by atoms with van der Waals surface area (Å²) in [5.41, 5.74) is 1.21. The van der Waals surface area contributed by atoms with Gasteiger partial charge < -0.3 is 4.74 Å². The molecule has 1 aliphatic rings. The molecule has 0 bridgehead atoms. The first-order chi connectivity index (χ1) is 9.63. The topological polar surface area (TPSA) is 69.4 Å². The van der Waals surface area contributed by atoms with Gasteiger partial charge in [0.25, 0.3) is 5.69 Å². The largest absolute Gasteiger partial charge is 0.422 e. The highest BCUT2D eigenvalue weighted by molar-refractivity contribution is 7.14. The average molecular weight is 289 g/mol. The monoisotopic (exact) mass is 289 g/mol. The van der Waals surface area contributed by atoms with E-state index in [0.717, 1.165) is 19.3 Å². The lowest BCUT2D eigenvalue weighted by Gasteiger charge is -2.02. The zero-order valence-electron chi connectivity index (χ0n) is 10.5. The number of carbonyl (C=O) groups is 1. The molecule has 20 heavy (non-hydrogen) atoms. The van der Waals surface area contributed by atoms with Gasteiger partial charge in [0.15, 0.2) is 0 Å². The van der Waals surface area contributed by atoms with Crippen LogP contribution >= 0.6 is 11.3 Å². The van der Waals surface area contributed by atoms with Crippen molar-refractivity contribution in [2.45, 2.75) is 19.3 Å². The fourth-order valence-corrected chi connectivity index (χ4v) is 3.35. The third-order valence-corrected chi connectivity index (χ3v) is 4.42. The van der Waals surface area contributed by atoms with E-state index in [4.69, 9.17) is 4.74 Å². The van der Waals surface area contributed by atoms with E-state index < -0.39 is 10.9 Å². The van der Waals surface area contributed by atoms with E-state index in [0.29, 0.717) is 10.6 Å². The summed E-state index contributed by atoms with van der Waals surface area (Å²) in [5, 5.41) is 10.5. The normalized spacial score (nSPS) is 13.0. The molecule has 1 aliphatic carbocycles. The van der Waals surface area contributed by atoms with E-state index in [-0.39, 0.29) is 5.69 Å². The van der Waals surface area contributed by atoms with Crippen LogP contribution in [0.15, 0.2) is 30.3 Å². The van der Waals surface area contributed by atoms with Crippen molar-refractivity contribution in [2.75, 3.05) is 0 Å². The molecule has 0 fully saturated rings. The van der Waals surface area contributed by atoms with Crippen molar-refractivity contribution in [1.82, 2.24) is 0 Å². The molecule has 0 amide bonds. The standard InChI is InChI=1S/C14H11NO4S/c16-14(13-8-9-2-1-3-12(9)20-13)19-11-6-4-10(5-7-11)15(17)18/h4-8H,1-3H2. The van der Waals surface area contributed by atoms with Crippen LogP contribution in [0.4, 0.5) is 5.69 Å². The van der Waals surface area contributed by atoms with Crippen LogP contribution in [-0.4, -0.2) is 10.9 Å². The number of nitrogens with zero attached hydrogens (tertiary/aromatic N) is 1. The van der Waals surface area contributed by atoms with Crippen molar-refractivity contribution in [2.24, 2.45) is 0 Å². The van der Waals surface area contributed by atoms with E-state index in [2.05, 4.69) is 0 Å². The summed E-state index contributed by atoms with van der Waals surface area (Å²) in [5.74, 6) is -0.0904. The maximum absolute atomic E-state index is 12.0. The minimum absolute atomic E-state index is 0.0279. The second-order valence-corrected chi connectivity index (χ2v) is 5.69. The molecule has 0 saturated heterocycles. The Labute approximate surface area is 119 Å². The Bertz CT molecular complexity index is 653. The Morgan fingerprint density at radius 3 is 2.65 bits per heavy atom. The molecule has 5 nitrogen and oxygen atoms in total. The number of fused-ring (bicyclic) bond motifs is 1. The van der Waals surface area contributed by atoms with Gasteiger partial charge in [0.1, 0.15) is 10.6 Å². The molecule has 6 heteroatoms. The smallest absolute Gasteiger partial charge is 0.353 e. The molecule has 1 aromatic heterocycles. The van der Waals surface area contributed by atoms with Crippen LogP contribution in [0.1, 0.15) is 26.5 Å². The first kappa shape index (κ1) is 12.8. The third-order valence-electron chi connectivity index (χ3n) is 3.21. The summed E-state index contributed by atoms with van der Waals surface area (Å²) in [6.07, 6.45) is 3.21. The number of hydrogen-bond donors (Lipinski definition) is 0. The van der Waals surface area contributed by atoms with Crippen molar-refractivity contribution >= 4 is 23.0 Å². The molecule has 3 rings (SSSR count). The summed E-state index contributed by atoms with van der Waals surface area (Å²) in [7, 11) is 0. The van der Waals surface area contributed by atoms with Crippen LogP contribution in [-0.2, 0) is 12.8 Å². The number of aryl methyl sites for hydroxylation is 2. The number of nitro groups is 1. The Morgan fingerprint density at radius 2 is 2.00 bits per heavy atom. The summed E-state index contributed by atoms with van der Waals surface area (Å²) < 4.78 is 5.22. The molecular formula is C14H11NO4S. The van der Waals surface area contributed by atoms with Gasteiger partial charge in [-0.3, -0.25) is 10.1 Å². The van der Waals surface area contributed by atoms with Crippen molar-refractivity contribution in [3.63, 3.8) is 0 Å². The van der Waals surface area contributed by atoms with Crippen molar-refractivity contribution < 1.29 is 14.5 Å². The molecule has 1 heterocycles. The quantitative estimate of drug-likeness (QED) is 0.376. The first-order valence-corrected chi connectivity index (χ1v) is 7.03. The summed E-state index contributed by atoms with van der Waals surface area (Å²) >= 11 is 1.47. The number of thiophene rings is 1. The fraction of sp³-hybridized carbons (Fsp3) is 0.214. The van der Waals surface area contributed by atoms with Gasteiger partial charge in [-0.2, -0.15) is 0 Å². The number of non-ortho nitro benzene ring substituents is 1. The first-order valence-electron chi connectivity index (χ1n) is 6.22. The second kappa shape index (κ2) is 5.05. The van der Waals surface area contributed by atoms with Gasteiger partial charge >= 0.3 is 5.97 Å². The van der Waals surface area contributed by atoms with Crippen molar-refractivity contribution in [3.8, 4) is 5.75 Å². The zero-order chi connectivity index (χ0) is 14.1. The van der Waals surface area contributed by atoms with Gasteiger partial charge in [0, 0.05) is 17.0 Å². The Balaban J connectivity index is 1.73. The molecule has 0 aliphatic heterocycles. The van der Waals surface area contributed by atoms with Crippen LogP contribution in [0.5, 0.6) is 5.75 Å². The van der Waals surface area contributed by atoms with Gasteiger partial charge in [-0.05, 0) is 43.0 Å². The number of ether oxygens (including phenoxy) is 1. The van der Waals surface area contributed by atoms with Crippen molar-refractivity contribution in [3.05, 3.63) is 55.8 Å². The van der Waals surface area contributed by atoms with E-state index in [1.807, 2.05) is 6.07 Å². The van der Waals surface area contributed by atoms with Gasteiger partial charge in [-0.1, -0.05) is 0 Å². The zero-order valence-corrected chi connectivity index (χ0v) is 11.3. The van der Waals surface area contributed by atoms with E-state index >= 15 is 0 Å². The SMILES string of the molecule is O=C(Oc1ccc([N+](=O)[O-])cc1)c1cc2c(s1)CCC2. The number of carbonyl (C=O) groups excluding carboxylic acids is 1. The number of hydrogen-bond acceptors (Lipinski definition) is 5. The molecule has 1 aromatic carbocycles. The van der Waals surface area contributed by atoms with Gasteiger partial charge in [0.05, 0.1) is 4.92 Å². The molecule has 0 atom stereocenters. The highest BCUT2D eigenvalue weighted by Crippen LogP contribution is 2.31. The highest BCUT2D eigenvalue weighted by atomic mass is 32.1. The highest BCUT2D eigenvalue weighted by Gasteiger charge is 2.19. The number of nitro benzene ring substituents is 1. The lowest BCUT2D eigenvalue weighted by molar-refractivity contribution is -0.384. The van der Waals surface area contributed by atoms with Gasteiger partial charge in [-0.15, -0.1) is 11.3 Å². The van der Waals surface area contributed by atoms with Crippen LogP contribution in [0, 0.1) is 10.1 Å². The van der Waals surface area contributed by atoms with Crippen LogP contribution in [0.3, 0.4) is 0 Å². The Morgan fingerprint density at radius 1 is 1.25 bits per heavy atom. The fourth-order valence-electron chi connectivity index (χ4n) is 2.22. The molecule has 0 N–H and O–H groups in total. The molecule has 2 aromatic rings. The molecule has 0 radical (unpaired) electrons. The summed E-state index contributed by atoms with van der Waals surface area (Å²) in [4.78, 5) is 23.9. The maximum atomic E-state index is 12.0. The van der Waals surface area contributed by atoms with Crippen LogP contribution in [0.25, 0.3) is 0 Å². The lowest BCUT2D eigenvalue weighted by Crippen LogP contribution is -2.06. The van der Waals surface area contributed by atoms with Gasteiger partial charge in [-0.25, -0.2) is 4.79 Å². The Kier molecular flexibility index (Phi) is 3.23. The third kappa shape index (κ3) is 2.42. The minimum atomic E-state index is -0.491. The number of rotatable bonds is 3. The van der Waals surface area contributed by atoms with Gasteiger partial charge in [0.2, 0.25) is 0 Å². The minimum Gasteiger partial charge on any atom is -0.422 e. The average Bonchev–Trinajstić information content (AvgIpc) is 2.99. The molecule has 102 valence electrons. The van der Waals surface area contributed by atoms with E-state index in [1.54, 1.807) is 0 Å². The second-order valence-electron chi connectivity index (χ2n) is 4.55. The molecule has 0 saturated carbocycles. The molecule has 0 spiro atoms. The number of esters is 1. The van der Waals surface area contributed by atoms with E-state index in [1.165, 1.54) is 46.0 Å². The maximum Gasteiger partial charge on any atom is 0.353 e. The van der Waals surface area contributed by atoms with Crippen LogP contribution < -0.4 is 4.74 Å². The van der Waals surface area contributed by atoms with E-state index in [9.17, 15) is 14.9 Å². The van der Waals surface area contributed by atoms with Crippen LogP contribution in [0.2, 0.25) is 0 Å². The predicted molar refractivity (Wildman–Crippen MR) is 74.4 cm³/mol. The summed E-state index contributed by atoms with van der Waals surface area (Å²) in [6.45, 7) is 0. The summed E-state index contributed by atoms with van der Waals surface area (Å²) in [6, 6.07) is 7.38. The lowest BCUT2D eigenvalue weighted by atomic mass is 10.2. The molecule has 0 unspecified atom stereocenters. The predicted octanol–water partition coefficient (Wildman–Crippen LogP) is 3.36.